The third kappa shape index (κ3) is 1.74. The number of hydrogen-bond acceptors (Lipinski definition) is 3. The molecule has 1 aliphatic carbocycles. The van der Waals surface area contributed by atoms with E-state index >= 15 is 0 Å². The van der Waals surface area contributed by atoms with Crippen LogP contribution in [0.15, 0.2) is 0 Å². The molecule has 1 saturated carbocycles. The van der Waals surface area contributed by atoms with Crippen LogP contribution in [0.4, 0.5) is 0 Å². The second-order valence-corrected chi connectivity index (χ2v) is 3.93. The molecule has 2 aliphatic rings. The van der Waals surface area contributed by atoms with Crippen LogP contribution in [0, 0.1) is 5.92 Å². The van der Waals surface area contributed by atoms with Gasteiger partial charge in [-0.1, -0.05) is 0 Å². The second kappa shape index (κ2) is 3.59. The number of hydrogen-bond donors (Lipinski definition) is 0. The Morgan fingerprint density at radius 3 is 2.86 bits per heavy atom. The first kappa shape index (κ1) is 9.49. The fourth-order valence-electron chi connectivity index (χ4n) is 1.89. The number of ether oxygens (including phenoxy) is 1. The number of esters is 1. The predicted octanol–water partition coefficient (Wildman–Crippen LogP) is 0.560. The average Bonchev–Trinajstić information content (AvgIpc) is 2.91. The van der Waals surface area contributed by atoms with Gasteiger partial charge in [0, 0.05) is 19.0 Å². The van der Waals surface area contributed by atoms with Crippen molar-refractivity contribution in [3.05, 3.63) is 0 Å². The summed E-state index contributed by atoms with van der Waals surface area (Å²) < 4.78 is 4.90. The van der Waals surface area contributed by atoms with Gasteiger partial charge in [0.2, 0.25) is 5.91 Å². The SMILES string of the molecule is CCOC(=O)C1CC(=O)N(C2CC2)C1. The first-order chi connectivity index (χ1) is 6.72. The van der Waals surface area contributed by atoms with E-state index in [1.54, 1.807) is 6.92 Å². The van der Waals surface area contributed by atoms with Crippen LogP contribution in [0.5, 0.6) is 0 Å². The van der Waals surface area contributed by atoms with Crippen molar-refractivity contribution in [3.8, 4) is 0 Å². The zero-order chi connectivity index (χ0) is 10.1. The lowest BCUT2D eigenvalue weighted by Crippen LogP contribution is -2.28. The lowest BCUT2D eigenvalue weighted by atomic mass is 10.1. The Morgan fingerprint density at radius 1 is 1.57 bits per heavy atom. The fourth-order valence-corrected chi connectivity index (χ4v) is 1.89. The highest BCUT2D eigenvalue weighted by atomic mass is 16.5. The average molecular weight is 197 g/mol. The predicted molar refractivity (Wildman–Crippen MR) is 49.5 cm³/mol. The Labute approximate surface area is 83.2 Å². The topological polar surface area (TPSA) is 46.6 Å². The molecule has 0 radical (unpaired) electrons. The van der Waals surface area contributed by atoms with E-state index in [1.165, 1.54) is 0 Å². The third-order valence-corrected chi connectivity index (χ3v) is 2.77. The summed E-state index contributed by atoms with van der Waals surface area (Å²) in [7, 11) is 0. The molecule has 78 valence electrons. The van der Waals surface area contributed by atoms with Gasteiger partial charge in [0.25, 0.3) is 0 Å². The lowest BCUT2D eigenvalue weighted by Gasteiger charge is -2.14. The minimum absolute atomic E-state index is 0.116. The van der Waals surface area contributed by atoms with Crippen molar-refractivity contribution >= 4 is 11.9 Å². The van der Waals surface area contributed by atoms with Crippen molar-refractivity contribution < 1.29 is 14.3 Å². The van der Waals surface area contributed by atoms with Gasteiger partial charge >= 0.3 is 5.97 Å². The molecule has 0 aromatic heterocycles. The Bertz CT molecular complexity index is 260. The first-order valence-corrected chi connectivity index (χ1v) is 5.18. The zero-order valence-corrected chi connectivity index (χ0v) is 8.36. The molecular weight excluding hydrogens is 182 g/mol. The van der Waals surface area contributed by atoms with Crippen LogP contribution in [0.1, 0.15) is 26.2 Å². The number of nitrogens with zero attached hydrogens (tertiary/aromatic N) is 1. The maximum absolute atomic E-state index is 11.5. The maximum Gasteiger partial charge on any atom is 0.311 e. The Kier molecular flexibility index (Phi) is 2.44. The van der Waals surface area contributed by atoms with Crippen molar-refractivity contribution in [2.75, 3.05) is 13.2 Å². The Morgan fingerprint density at radius 2 is 2.29 bits per heavy atom. The molecule has 1 heterocycles. The number of likely N-dealkylation sites (tertiary alicyclic amines) is 1. The minimum atomic E-state index is -0.219. The van der Waals surface area contributed by atoms with E-state index in [9.17, 15) is 9.59 Å². The maximum atomic E-state index is 11.5. The van der Waals surface area contributed by atoms with E-state index in [2.05, 4.69) is 0 Å². The van der Waals surface area contributed by atoms with Crippen LogP contribution in [-0.4, -0.2) is 36.0 Å². The molecule has 4 heteroatoms. The molecule has 2 fully saturated rings. The fraction of sp³-hybridized carbons (Fsp3) is 0.800. The van der Waals surface area contributed by atoms with Gasteiger partial charge in [-0.2, -0.15) is 0 Å². The molecule has 1 amide bonds. The summed E-state index contributed by atoms with van der Waals surface area (Å²) in [4.78, 5) is 24.7. The Hall–Kier alpha value is -1.06. The van der Waals surface area contributed by atoms with Gasteiger partial charge in [-0.3, -0.25) is 9.59 Å². The van der Waals surface area contributed by atoms with E-state index in [-0.39, 0.29) is 17.8 Å². The second-order valence-electron chi connectivity index (χ2n) is 3.93. The van der Waals surface area contributed by atoms with Gasteiger partial charge in [0.15, 0.2) is 0 Å². The lowest BCUT2D eigenvalue weighted by molar-refractivity contribution is -0.147. The summed E-state index contributed by atoms with van der Waals surface area (Å²) >= 11 is 0. The standard InChI is InChI=1S/C10H15NO3/c1-2-14-10(13)7-5-9(12)11(6-7)8-3-4-8/h7-8H,2-6H2,1H3. The van der Waals surface area contributed by atoms with Crippen LogP contribution < -0.4 is 0 Å². The van der Waals surface area contributed by atoms with Crippen LogP contribution in [0.3, 0.4) is 0 Å². The van der Waals surface area contributed by atoms with Crippen molar-refractivity contribution in [2.45, 2.75) is 32.2 Å². The molecule has 1 aliphatic heterocycles. The third-order valence-electron chi connectivity index (χ3n) is 2.77. The smallest absolute Gasteiger partial charge is 0.311 e. The summed E-state index contributed by atoms with van der Waals surface area (Å²) in [6, 6.07) is 0.418. The monoisotopic (exact) mass is 197 g/mol. The highest BCUT2D eigenvalue weighted by Gasteiger charge is 2.42. The van der Waals surface area contributed by atoms with Gasteiger partial charge in [0.1, 0.15) is 0 Å². The summed E-state index contributed by atoms with van der Waals surface area (Å²) in [6.45, 7) is 2.75. The van der Waals surface area contributed by atoms with Gasteiger partial charge in [0.05, 0.1) is 12.5 Å². The van der Waals surface area contributed by atoms with E-state index in [0.717, 1.165) is 12.8 Å². The van der Waals surface area contributed by atoms with Gasteiger partial charge in [-0.25, -0.2) is 0 Å². The number of amides is 1. The number of carbonyl (C=O) groups excluding carboxylic acids is 2. The molecule has 14 heavy (non-hydrogen) atoms. The summed E-state index contributed by atoms with van der Waals surface area (Å²) in [5.41, 5.74) is 0. The Balaban J connectivity index is 1.91. The molecule has 0 bridgehead atoms. The number of carbonyl (C=O) groups is 2. The highest BCUT2D eigenvalue weighted by Crippen LogP contribution is 2.32. The minimum Gasteiger partial charge on any atom is -0.466 e. The van der Waals surface area contributed by atoms with Crippen LogP contribution >= 0.6 is 0 Å². The molecule has 1 unspecified atom stereocenters. The van der Waals surface area contributed by atoms with Gasteiger partial charge < -0.3 is 9.64 Å². The van der Waals surface area contributed by atoms with Crippen molar-refractivity contribution in [3.63, 3.8) is 0 Å². The van der Waals surface area contributed by atoms with E-state index in [0.29, 0.717) is 25.6 Å². The molecule has 4 nitrogen and oxygen atoms in total. The normalized spacial score (nSPS) is 26.8. The summed E-state index contributed by atoms with van der Waals surface area (Å²) in [6.07, 6.45) is 2.54. The van der Waals surface area contributed by atoms with Crippen molar-refractivity contribution in [1.29, 1.82) is 0 Å². The molecule has 0 N–H and O–H groups in total. The molecule has 2 rings (SSSR count). The molecule has 0 spiro atoms. The van der Waals surface area contributed by atoms with Crippen LogP contribution in [0.25, 0.3) is 0 Å². The van der Waals surface area contributed by atoms with Gasteiger partial charge in [-0.05, 0) is 19.8 Å². The molecular formula is C10H15NO3. The van der Waals surface area contributed by atoms with E-state index in [1.807, 2.05) is 4.90 Å². The summed E-state index contributed by atoms with van der Waals surface area (Å²) in [5.74, 6) is -0.322. The largest absolute Gasteiger partial charge is 0.466 e. The van der Waals surface area contributed by atoms with Crippen molar-refractivity contribution in [2.24, 2.45) is 5.92 Å². The van der Waals surface area contributed by atoms with Crippen LogP contribution in [-0.2, 0) is 14.3 Å². The van der Waals surface area contributed by atoms with Crippen LogP contribution in [0.2, 0.25) is 0 Å². The van der Waals surface area contributed by atoms with E-state index in [4.69, 9.17) is 4.74 Å². The van der Waals surface area contributed by atoms with E-state index < -0.39 is 0 Å². The zero-order valence-electron chi connectivity index (χ0n) is 8.36. The summed E-state index contributed by atoms with van der Waals surface area (Å²) in [5, 5.41) is 0. The van der Waals surface area contributed by atoms with Gasteiger partial charge in [-0.15, -0.1) is 0 Å². The quantitative estimate of drug-likeness (QED) is 0.621. The molecule has 1 saturated heterocycles. The van der Waals surface area contributed by atoms with Crippen molar-refractivity contribution in [1.82, 2.24) is 4.90 Å². The highest BCUT2D eigenvalue weighted by molar-refractivity contribution is 5.87. The number of rotatable bonds is 3. The first-order valence-electron chi connectivity index (χ1n) is 5.18. The molecule has 0 aromatic carbocycles. The molecule has 0 aromatic rings. The molecule has 1 atom stereocenters.